The number of fused-ring (bicyclic) bond motifs is 4. The van der Waals surface area contributed by atoms with Crippen molar-refractivity contribution < 1.29 is 0 Å². The van der Waals surface area contributed by atoms with Crippen LogP contribution in [0, 0.1) is 0 Å². The van der Waals surface area contributed by atoms with E-state index in [1.54, 1.807) is 11.8 Å². The van der Waals surface area contributed by atoms with Crippen LogP contribution in [0.1, 0.15) is 73.6 Å². The molecule has 250 valence electrons. The Hall–Kier alpha value is -1.99. The maximum absolute atomic E-state index is 7.53. The van der Waals surface area contributed by atoms with Crippen molar-refractivity contribution in [2.24, 2.45) is 0 Å². The Labute approximate surface area is 315 Å². The molecule has 2 aliphatic heterocycles. The monoisotopic (exact) mass is 751 g/mol. The van der Waals surface area contributed by atoms with Gasteiger partial charge in [0.05, 0.1) is 26.2 Å². The van der Waals surface area contributed by atoms with Crippen LogP contribution in [0.5, 0.6) is 0 Å². The average Bonchev–Trinajstić information content (AvgIpc) is 3.03. The van der Waals surface area contributed by atoms with Crippen LogP contribution in [0.25, 0.3) is 22.3 Å². The Bertz CT molecular complexity index is 2140. The highest BCUT2D eigenvalue weighted by molar-refractivity contribution is 7.99. The summed E-state index contributed by atoms with van der Waals surface area (Å²) in [4.78, 5) is 3.11. The van der Waals surface area contributed by atoms with Gasteiger partial charge in [-0.15, -0.1) is 18.3 Å². The van der Waals surface area contributed by atoms with E-state index in [9.17, 15) is 0 Å². The molecule has 0 atom stereocenters. The van der Waals surface area contributed by atoms with E-state index in [0.29, 0.717) is 32.3 Å². The number of rotatable bonds is 7. The Balaban J connectivity index is 1.85. The Morgan fingerprint density at radius 1 is 0.938 bits per heavy atom. The van der Waals surface area contributed by atoms with Crippen LogP contribution in [-0.2, 0) is 6.42 Å². The number of thiol groups is 2. The van der Waals surface area contributed by atoms with Crippen molar-refractivity contribution in [2.75, 3.05) is 36.3 Å². The highest BCUT2D eigenvalue weighted by atomic mass is 35.5. The Morgan fingerprint density at radius 3 is 2.23 bits per heavy atom. The Kier molecular flexibility index (Phi) is 9.67. The smallest absolute Gasteiger partial charge is 0.208 e. The largest absolute Gasteiger partial charge is 0.365 e. The van der Waals surface area contributed by atoms with Crippen molar-refractivity contribution in [3.05, 3.63) is 120 Å². The highest BCUT2D eigenvalue weighted by Crippen LogP contribution is 2.50. The molecule has 0 fully saturated rings. The molecule has 0 aromatic heterocycles. The predicted molar refractivity (Wildman–Crippen MR) is 221 cm³/mol. The minimum Gasteiger partial charge on any atom is -0.365 e. The summed E-state index contributed by atoms with van der Waals surface area (Å²) < 4.78 is 2.37. The molecule has 48 heavy (non-hydrogen) atoms. The third-order valence-corrected chi connectivity index (χ3v) is 13.4. The van der Waals surface area contributed by atoms with Gasteiger partial charge in [0, 0.05) is 71.5 Å². The number of allylic oxidation sites excluding steroid dienone is 1. The van der Waals surface area contributed by atoms with Crippen LogP contribution in [0.15, 0.2) is 60.5 Å². The summed E-state index contributed by atoms with van der Waals surface area (Å²) in [6, 6.07) is 9.44. The van der Waals surface area contributed by atoms with Crippen molar-refractivity contribution in [3.63, 3.8) is 0 Å². The molecule has 3 aliphatic rings. The summed E-state index contributed by atoms with van der Waals surface area (Å²) in [6.07, 6.45) is 7.29. The van der Waals surface area contributed by atoms with Crippen molar-refractivity contribution in [1.82, 2.24) is 4.58 Å². The SMILES string of the molecule is C=CCSc1c(Cl)c(Cl)c(C(=C)C)c(C2=c3cc4c(cc3Cc3cc5c(cc32)C(CS)=CC(C)(C)N5C)=[N+](C)C(C)(C)C=C4CS)c1Cl. The molecule has 6 rings (SSSR count). The van der Waals surface area contributed by atoms with Gasteiger partial charge in [-0.2, -0.15) is 25.3 Å². The fourth-order valence-electron chi connectivity index (χ4n) is 7.34. The minimum atomic E-state index is -0.154. The number of hydrogen-bond acceptors (Lipinski definition) is 4. The van der Waals surface area contributed by atoms with Crippen molar-refractivity contribution >= 4 is 99.8 Å². The molecular formula is C40H42Cl3N2S3+. The van der Waals surface area contributed by atoms with E-state index < -0.39 is 0 Å². The van der Waals surface area contributed by atoms with E-state index in [0.717, 1.165) is 44.4 Å². The number of thioether (sulfide) groups is 1. The standard InChI is InChI=1S/C40H41Cl3N2S3/c1-10-11-48-38-36(42)34(32(21(2)3)35(41)37(38)43)33-28-15-26-24(19-46)17-39(4,5)44(8)30(26)13-22(28)12-23-14-31-27(16-29(23)33)25(20-47)18-40(6,7)45(31)9/h10,13-18H,1-2,11-12,19-20H2,3-9H3,(H-,46,47)/p+1. The third kappa shape index (κ3) is 5.65. The van der Waals surface area contributed by atoms with Gasteiger partial charge < -0.3 is 4.90 Å². The molecule has 0 spiro atoms. The molecule has 3 aromatic carbocycles. The summed E-state index contributed by atoms with van der Waals surface area (Å²) >= 11 is 32.8. The quantitative estimate of drug-likeness (QED) is 0.0638. The first-order valence-electron chi connectivity index (χ1n) is 16.0. The second-order valence-corrected chi connectivity index (χ2v) is 16.9. The van der Waals surface area contributed by atoms with E-state index in [-0.39, 0.29) is 11.1 Å². The molecule has 0 N–H and O–H groups in total. The number of benzene rings is 3. The van der Waals surface area contributed by atoms with Crippen molar-refractivity contribution in [2.45, 2.75) is 57.0 Å². The molecule has 0 amide bonds. The first kappa shape index (κ1) is 35.8. The van der Waals surface area contributed by atoms with Gasteiger partial charge >= 0.3 is 0 Å². The van der Waals surface area contributed by atoms with Gasteiger partial charge in [0.1, 0.15) is 7.05 Å². The topological polar surface area (TPSA) is 6.25 Å². The number of anilines is 1. The van der Waals surface area contributed by atoms with Gasteiger partial charge in [-0.1, -0.05) is 53.5 Å². The molecule has 2 nitrogen and oxygen atoms in total. The molecule has 0 unspecified atom stereocenters. The maximum Gasteiger partial charge on any atom is 0.208 e. The molecule has 2 heterocycles. The number of halogens is 3. The van der Waals surface area contributed by atoms with E-state index in [1.807, 2.05) is 13.0 Å². The summed E-state index contributed by atoms with van der Waals surface area (Å²) in [6.45, 7) is 19.3. The molecule has 0 saturated heterocycles. The first-order valence-corrected chi connectivity index (χ1v) is 19.4. The summed E-state index contributed by atoms with van der Waals surface area (Å²) in [5, 5.41) is 3.81. The summed E-state index contributed by atoms with van der Waals surface area (Å²) in [5.74, 6) is 1.91. The fourth-order valence-corrected chi connectivity index (χ4v) is 9.86. The molecule has 0 saturated carbocycles. The third-order valence-electron chi connectivity index (χ3n) is 10.2. The lowest BCUT2D eigenvalue weighted by atomic mass is 9.77. The van der Waals surface area contributed by atoms with Gasteiger partial charge in [-0.25, -0.2) is 4.58 Å². The minimum absolute atomic E-state index is 0.154. The highest BCUT2D eigenvalue weighted by Gasteiger charge is 2.36. The van der Waals surface area contributed by atoms with E-state index in [1.165, 1.54) is 44.4 Å². The van der Waals surface area contributed by atoms with Crippen LogP contribution in [0.2, 0.25) is 15.1 Å². The molecule has 3 aromatic rings. The summed E-state index contributed by atoms with van der Waals surface area (Å²) in [7, 11) is 4.35. The number of nitrogens with zero attached hydrogens (tertiary/aromatic N) is 2. The lowest BCUT2D eigenvalue weighted by Crippen LogP contribution is -2.47. The molecular weight excluding hydrogens is 711 g/mol. The second-order valence-electron chi connectivity index (χ2n) is 14.1. The number of hydrogen-bond donors (Lipinski definition) is 2. The van der Waals surface area contributed by atoms with Crippen LogP contribution < -0.4 is 20.1 Å². The molecule has 0 bridgehead atoms. The molecule has 1 aliphatic carbocycles. The fraction of sp³-hybridized carbons (Fsp3) is 0.325. The maximum atomic E-state index is 7.53. The Morgan fingerprint density at radius 2 is 1.60 bits per heavy atom. The van der Waals surface area contributed by atoms with Crippen LogP contribution >= 0.6 is 71.8 Å². The normalized spacial score (nSPS) is 17.2. The first-order chi connectivity index (χ1) is 22.6. The van der Waals surface area contributed by atoms with E-state index in [4.69, 9.17) is 60.1 Å². The van der Waals surface area contributed by atoms with Gasteiger partial charge in [0.15, 0.2) is 5.54 Å². The van der Waals surface area contributed by atoms with Crippen molar-refractivity contribution in [3.8, 4) is 0 Å². The van der Waals surface area contributed by atoms with Crippen LogP contribution in [0.4, 0.5) is 5.69 Å². The van der Waals surface area contributed by atoms with Crippen LogP contribution in [-0.4, -0.2) is 42.4 Å². The average molecular weight is 753 g/mol. The van der Waals surface area contributed by atoms with Gasteiger partial charge in [-0.3, -0.25) is 0 Å². The molecule has 8 heteroatoms. The zero-order chi connectivity index (χ0) is 35.0. The van der Waals surface area contributed by atoms with Gasteiger partial charge in [-0.05, 0) is 95.7 Å². The van der Waals surface area contributed by atoms with E-state index in [2.05, 4.69) is 101 Å². The summed E-state index contributed by atoms with van der Waals surface area (Å²) in [5.41, 5.74) is 12.7. The number of likely N-dealkylation sites (N-methyl/N-ethyl adjacent to an activating group) is 2. The predicted octanol–water partition coefficient (Wildman–Crippen LogP) is 9.88. The van der Waals surface area contributed by atoms with Gasteiger partial charge in [0.2, 0.25) is 5.36 Å². The van der Waals surface area contributed by atoms with E-state index >= 15 is 0 Å². The zero-order valence-corrected chi connectivity index (χ0v) is 33.5. The van der Waals surface area contributed by atoms with Crippen LogP contribution in [0.3, 0.4) is 0 Å². The van der Waals surface area contributed by atoms with Crippen molar-refractivity contribution in [1.29, 1.82) is 0 Å². The second kappa shape index (κ2) is 13.0. The van der Waals surface area contributed by atoms with Gasteiger partial charge in [0.25, 0.3) is 0 Å². The lowest BCUT2D eigenvalue weighted by Gasteiger charge is -2.42. The zero-order valence-electron chi connectivity index (χ0n) is 28.6. The molecule has 0 radical (unpaired) electrons. The lowest BCUT2D eigenvalue weighted by molar-refractivity contribution is 0.439.